The van der Waals surface area contributed by atoms with Crippen LogP contribution >= 0.6 is 23.2 Å². The van der Waals surface area contributed by atoms with Crippen molar-refractivity contribution in [1.82, 2.24) is 10.2 Å². The number of hydrogen-bond donors (Lipinski definition) is 1. The van der Waals surface area contributed by atoms with Crippen molar-refractivity contribution in [2.75, 3.05) is 6.54 Å². The second kappa shape index (κ2) is 9.01. The summed E-state index contributed by atoms with van der Waals surface area (Å²) in [7, 11) is 0. The van der Waals surface area contributed by atoms with Gasteiger partial charge in [-0.2, -0.15) is 0 Å². The van der Waals surface area contributed by atoms with Crippen LogP contribution in [-0.2, 0) is 16.1 Å². The van der Waals surface area contributed by atoms with E-state index in [4.69, 9.17) is 23.2 Å². The highest BCUT2D eigenvalue weighted by molar-refractivity contribution is 6.36. The summed E-state index contributed by atoms with van der Waals surface area (Å²) in [5.41, 5.74) is 0.659. The Morgan fingerprint density at radius 3 is 2.32 bits per heavy atom. The molecular weight excluding hydrogens is 323 g/mol. The molecule has 0 spiro atoms. The topological polar surface area (TPSA) is 49.4 Å². The maximum atomic E-state index is 12.4. The fourth-order valence-electron chi connectivity index (χ4n) is 2.12. The normalized spacial score (nSPS) is 11.9. The van der Waals surface area contributed by atoms with E-state index < -0.39 is 6.04 Å². The highest BCUT2D eigenvalue weighted by Gasteiger charge is 2.26. The smallest absolute Gasteiger partial charge is 0.242 e. The fraction of sp³-hybridized carbons (Fsp3) is 0.500. The lowest BCUT2D eigenvalue weighted by Gasteiger charge is -2.29. The van der Waals surface area contributed by atoms with Gasteiger partial charge >= 0.3 is 0 Å². The van der Waals surface area contributed by atoms with Crippen molar-refractivity contribution in [3.05, 3.63) is 33.8 Å². The van der Waals surface area contributed by atoms with Crippen LogP contribution in [0.5, 0.6) is 0 Å². The van der Waals surface area contributed by atoms with Crippen LogP contribution in [0.3, 0.4) is 0 Å². The van der Waals surface area contributed by atoms with Crippen molar-refractivity contribution in [2.45, 2.75) is 46.2 Å². The number of nitrogens with zero attached hydrogens (tertiary/aromatic N) is 1. The Morgan fingerprint density at radius 2 is 1.82 bits per heavy atom. The molecule has 0 aliphatic heterocycles. The second-order valence-corrected chi connectivity index (χ2v) is 5.86. The third-order valence-corrected chi connectivity index (χ3v) is 4.08. The van der Waals surface area contributed by atoms with Gasteiger partial charge in [-0.3, -0.25) is 9.59 Å². The minimum absolute atomic E-state index is 0.0859. The third kappa shape index (κ3) is 4.89. The number of rotatable bonds is 7. The molecule has 0 saturated carbocycles. The van der Waals surface area contributed by atoms with Crippen molar-refractivity contribution in [1.29, 1.82) is 0 Å². The van der Waals surface area contributed by atoms with Gasteiger partial charge in [0.15, 0.2) is 0 Å². The van der Waals surface area contributed by atoms with Gasteiger partial charge < -0.3 is 10.2 Å². The van der Waals surface area contributed by atoms with Crippen LogP contribution in [-0.4, -0.2) is 29.3 Å². The molecule has 1 rings (SSSR count). The molecule has 6 heteroatoms. The molecule has 4 nitrogen and oxygen atoms in total. The molecule has 2 amide bonds. The maximum Gasteiger partial charge on any atom is 0.242 e. The number of benzene rings is 1. The molecule has 22 heavy (non-hydrogen) atoms. The van der Waals surface area contributed by atoms with E-state index in [0.29, 0.717) is 35.0 Å². The first-order chi connectivity index (χ1) is 10.4. The fourth-order valence-corrected chi connectivity index (χ4v) is 2.63. The van der Waals surface area contributed by atoms with E-state index in [1.54, 1.807) is 25.1 Å². The highest BCUT2D eigenvalue weighted by Crippen LogP contribution is 2.26. The van der Waals surface area contributed by atoms with Crippen LogP contribution in [0.4, 0.5) is 0 Å². The second-order valence-electron chi connectivity index (χ2n) is 5.04. The molecule has 0 saturated heterocycles. The van der Waals surface area contributed by atoms with Gasteiger partial charge in [0, 0.05) is 35.1 Å². The molecule has 0 aliphatic carbocycles. The van der Waals surface area contributed by atoms with Crippen LogP contribution in [0.15, 0.2) is 18.2 Å². The van der Waals surface area contributed by atoms with Gasteiger partial charge in [0.25, 0.3) is 0 Å². The Kier molecular flexibility index (Phi) is 7.69. The molecule has 0 radical (unpaired) electrons. The third-order valence-electron chi connectivity index (χ3n) is 3.37. The van der Waals surface area contributed by atoms with Gasteiger partial charge in [-0.05, 0) is 32.4 Å². The molecule has 1 aromatic rings. The van der Waals surface area contributed by atoms with Gasteiger partial charge in [0.1, 0.15) is 6.04 Å². The van der Waals surface area contributed by atoms with Crippen LogP contribution < -0.4 is 5.32 Å². The Labute approximate surface area is 141 Å². The van der Waals surface area contributed by atoms with Crippen LogP contribution in [0.25, 0.3) is 0 Å². The zero-order valence-electron chi connectivity index (χ0n) is 13.2. The SMILES string of the molecule is CCCC(=O)N(Cc1c(Cl)cccc1Cl)[C@H](C)C(=O)NCC. The molecular formula is C16H22Cl2N2O2. The Morgan fingerprint density at radius 1 is 1.23 bits per heavy atom. The van der Waals surface area contributed by atoms with Gasteiger partial charge in [0.2, 0.25) is 11.8 Å². The number of carbonyl (C=O) groups is 2. The van der Waals surface area contributed by atoms with E-state index in [1.165, 1.54) is 4.90 Å². The number of halogens is 2. The number of nitrogens with one attached hydrogen (secondary N) is 1. The predicted molar refractivity (Wildman–Crippen MR) is 90.1 cm³/mol. The standard InChI is InChI=1S/C16H22Cl2N2O2/c1-4-7-15(21)20(11(3)16(22)19-5-2)10-12-13(17)8-6-9-14(12)18/h6,8-9,11H,4-5,7,10H2,1-3H3,(H,19,22)/t11-/m1/s1. The lowest BCUT2D eigenvalue weighted by molar-refractivity contribution is -0.140. The van der Waals surface area contributed by atoms with E-state index in [9.17, 15) is 9.59 Å². The van der Waals surface area contributed by atoms with E-state index >= 15 is 0 Å². The summed E-state index contributed by atoms with van der Waals surface area (Å²) in [6, 6.07) is 4.62. The van der Waals surface area contributed by atoms with Crippen LogP contribution in [0.1, 0.15) is 39.2 Å². The first-order valence-electron chi connectivity index (χ1n) is 7.42. The minimum Gasteiger partial charge on any atom is -0.355 e. The number of amides is 2. The van der Waals surface area contributed by atoms with Gasteiger partial charge in [0.05, 0.1) is 0 Å². The average molecular weight is 345 g/mol. The zero-order valence-corrected chi connectivity index (χ0v) is 14.7. The minimum atomic E-state index is -0.577. The quantitative estimate of drug-likeness (QED) is 0.820. The van der Waals surface area contributed by atoms with Gasteiger partial charge in [-0.15, -0.1) is 0 Å². The van der Waals surface area contributed by atoms with E-state index in [-0.39, 0.29) is 18.4 Å². The average Bonchev–Trinajstić information content (AvgIpc) is 2.46. The van der Waals surface area contributed by atoms with Crippen molar-refractivity contribution >= 4 is 35.0 Å². The molecule has 0 fully saturated rings. The lowest BCUT2D eigenvalue weighted by Crippen LogP contribution is -2.47. The van der Waals surface area contributed by atoms with Crippen molar-refractivity contribution in [3.8, 4) is 0 Å². The number of hydrogen-bond acceptors (Lipinski definition) is 2. The predicted octanol–water partition coefficient (Wildman–Crippen LogP) is 3.65. The summed E-state index contributed by atoms with van der Waals surface area (Å²) in [5, 5.41) is 3.72. The van der Waals surface area contributed by atoms with Crippen molar-refractivity contribution < 1.29 is 9.59 Å². The largest absolute Gasteiger partial charge is 0.355 e. The Balaban J connectivity index is 3.05. The molecule has 1 atom stereocenters. The molecule has 1 N–H and O–H groups in total. The molecule has 0 aromatic heterocycles. The van der Waals surface area contributed by atoms with Crippen LogP contribution in [0, 0.1) is 0 Å². The lowest BCUT2D eigenvalue weighted by atomic mass is 10.1. The summed E-state index contributed by atoms with van der Waals surface area (Å²) in [6.45, 7) is 6.22. The molecule has 0 heterocycles. The number of likely N-dealkylation sites (N-methyl/N-ethyl adjacent to an activating group) is 1. The molecule has 0 bridgehead atoms. The Hall–Kier alpha value is -1.26. The molecule has 1 aromatic carbocycles. The van der Waals surface area contributed by atoms with E-state index in [2.05, 4.69) is 5.32 Å². The Bertz CT molecular complexity index is 515. The van der Waals surface area contributed by atoms with Crippen LogP contribution in [0.2, 0.25) is 10.0 Å². The highest BCUT2D eigenvalue weighted by atomic mass is 35.5. The summed E-state index contributed by atoms with van der Waals surface area (Å²) < 4.78 is 0. The van der Waals surface area contributed by atoms with Crippen molar-refractivity contribution in [3.63, 3.8) is 0 Å². The first-order valence-corrected chi connectivity index (χ1v) is 8.18. The summed E-state index contributed by atoms with van der Waals surface area (Å²) in [6.07, 6.45) is 1.10. The van der Waals surface area contributed by atoms with Gasteiger partial charge in [-0.1, -0.05) is 36.2 Å². The van der Waals surface area contributed by atoms with E-state index in [1.807, 2.05) is 13.8 Å². The summed E-state index contributed by atoms with van der Waals surface area (Å²) in [5.74, 6) is -0.271. The van der Waals surface area contributed by atoms with E-state index in [0.717, 1.165) is 0 Å². The summed E-state index contributed by atoms with van der Waals surface area (Å²) >= 11 is 12.4. The monoisotopic (exact) mass is 344 g/mol. The maximum absolute atomic E-state index is 12.4. The zero-order chi connectivity index (χ0) is 16.7. The first kappa shape index (κ1) is 18.8. The molecule has 122 valence electrons. The van der Waals surface area contributed by atoms with Crippen molar-refractivity contribution in [2.24, 2.45) is 0 Å². The molecule has 0 aliphatic rings. The van der Waals surface area contributed by atoms with Gasteiger partial charge in [-0.25, -0.2) is 0 Å². The number of carbonyl (C=O) groups excluding carboxylic acids is 2. The summed E-state index contributed by atoms with van der Waals surface area (Å²) in [4.78, 5) is 26.0. The molecule has 0 unspecified atom stereocenters.